The van der Waals surface area contributed by atoms with Gasteiger partial charge >= 0.3 is 7.60 Å². The average molecular weight is 214 g/mol. The van der Waals surface area contributed by atoms with Crippen molar-refractivity contribution in [2.24, 2.45) is 0 Å². The first-order valence-corrected chi connectivity index (χ1v) is 5.66. The highest BCUT2D eigenvalue weighted by atomic mass is 31.2. The predicted molar refractivity (Wildman–Crippen MR) is 52.6 cm³/mol. The second-order valence-electron chi connectivity index (χ2n) is 2.89. The summed E-state index contributed by atoms with van der Waals surface area (Å²) in [6, 6.07) is 4.90. The lowest BCUT2D eigenvalue weighted by atomic mass is 10.2. The molecule has 0 amide bonds. The minimum Gasteiger partial charge on any atom is -0.324 e. The molecule has 0 spiro atoms. The molecule has 1 unspecified atom stereocenters. The van der Waals surface area contributed by atoms with Crippen LogP contribution in [0.1, 0.15) is 12.6 Å². The minimum atomic E-state index is -4.24. The molecule has 1 rings (SSSR count). The maximum atomic E-state index is 10.9. The molecule has 76 valence electrons. The predicted octanol–water partition coefficient (Wildman–Crippen LogP) is 1.02. The van der Waals surface area contributed by atoms with Crippen molar-refractivity contribution in [2.75, 3.05) is 0 Å². The Morgan fingerprint density at radius 3 is 2.64 bits per heavy atom. The zero-order chi connectivity index (χ0) is 10.8. The van der Waals surface area contributed by atoms with E-state index in [-0.39, 0.29) is 5.71 Å². The number of nitrogens with one attached hydrogen (secondary N) is 1. The summed E-state index contributed by atoms with van der Waals surface area (Å²) in [5.74, 6) is 0. The highest BCUT2D eigenvalue weighted by Gasteiger charge is 2.29. The van der Waals surface area contributed by atoms with Crippen LogP contribution >= 0.6 is 7.60 Å². The molecule has 0 saturated carbocycles. The standard InChI is InChI=1S/C8H11N2O3P/c1-6(14(11,12)13)8(9)7-4-2-3-5-10-7/h2-6,9H,1H3,(H2,11,12,13). The monoisotopic (exact) mass is 214 g/mol. The van der Waals surface area contributed by atoms with Crippen LogP contribution in [0.15, 0.2) is 24.4 Å². The van der Waals surface area contributed by atoms with Gasteiger partial charge in [-0.05, 0) is 19.1 Å². The molecule has 1 aromatic rings. The van der Waals surface area contributed by atoms with Crippen LogP contribution in [0.25, 0.3) is 0 Å². The zero-order valence-corrected chi connectivity index (χ0v) is 8.48. The summed E-state index contributed by atoms with van der Waals surface area (Å²) in [5, 5.41) is 7.54. The number of aromatic nitrogens is 1. The maximum absolute atomic E-state index is 10.9. The van der Waals surface area contributed by atoms with Gasteiger partial charge in [0.1, 0.15) is 5.66 Å². The fraction of sp³-hybridized carbons (Fsp3) is 0.250. The largest absolute Gasteiger partial charge is 0.334 e. The van der Waals surface area contributed by atoms with Crippen LogP contribution in [0.2, 0.25) is 0 Å². The van der Waals surface area contributed by atoms with Crippen molar-refractivity contribution in [2.45, 2.75) is 12.6 Å². The van der Waals surface area contributed by atoms with E-state index in [0.29, 0.717) is 5.69 Å². The topological polar surface area (TPSA) is 94.3 Å². The third kappa shape index (κ3) is 2.48. The Hall–Kier alpha value is -1.03. The Bertz CT molecular complexity index is 373. The Balaban J connectivity index is 2.93. The Morgan fingerprint density at radius 1 is 1.57 bits per heavy atom. The molecule has 6 heteroatoms. The average Bonchev–Trinajstić information content (AvgIpc) is 2.15. The molecule has 1 atom stereocenters. The molecule has 0 radical (unpaired) electrons. The molecule has 14 heavy (non-hydrogen) atoms. The number of hydrogen-bond acceptors (Lipinski definition) is 3. The summed E-state index contributed by atoms with van der Waals surface area (Å²) in [5.41, 5.74) is -0.959. The van der Waals surface area contributed by atoms with Crippen LogP contribution in [0.4, 0.5) is 0 Å². The Kier molecular flexibility index (Phi) is 3.16. The molecule has 0 aliphatic rings. The summed E-state index contributed by atoms with van der Waals surface area (Å²) in [7, 11) is -4.24. The van der Waals surface area contributed by atoms with Crippen molar-refractivity contribution in [3.05, 3.63) is 30.1 Å². The highest BCUT2D eigenvalue weighted by molar-refractivity contribution is 7.53. The SMILES string of the molecule is CC(C(=N)c1ccccn1)P(=O)(O)O. The third-order valence-electron chi connectivity index (χ3n) is 1.86. The number of hydrogen-bond donors (Lipinski definition) is 3. The molecule has 1 aromatic heterocycles. The maximum Gasteiger partial charge on any atom is 0.334 e. The van der Waals surface area contributed by atoms with Gasteiger partial charge in [0.2, 0.25) is 0 Å². The van der Waals surface area contributed by atoms with Crippen LogP contribution in [0.3, 0.4) is 0 Å². The van der Waals surface area contributed by atoms with Gasteiger partial charge in [-0.25, -0.2) is 0 Å². The van der Waals surface area contributed by atoms with E-state index in [1.54, 1.807) is 18.2 Å². The van der Waals surface area contributed by atoms with E-state index in [9.17, 15) is 4.57 Å². The van der Waals surface area contributed by atoms with Crippen molar-refractivity contribution in [1.82, 2.24) is 4.98 Å². The molecule has 5 nitrogen and oxygen atoms in total. The highest BCUT2D eigenvalue weighted by Crippen LogP contribution is 2.41. The zero-order valence-electron chi connectivity index (χ0n) is 7.58. The number of rotatable bonds is 3. The van der Waals surface area contributed by atoms with Crippen molar-refractivity contribution in [3.63, 3.8) is 0 Å². The lowest BCUT2D eigenvalue weighted by Crippen LogP contribution is -2.18. The minimum absolute atomic E-state index is 0.140. The number of pyridine rings is 1. The molecule has 1 heterocycles. The van der Waals surface area contributed by atoms with Crippen LogP contribution in [0, 0.1) is 5.41 Å². The Labute approximate surface area is 81.5 Å². The van der Waals surface area contributed by atoms with E-state index >= 15 is 0 Å². The second-order valence-corrected chi connectivity index (χ2v) is 4.85. The van der Waals surface area contributed by atoms with E-state index < -0.39 is 13.3 Å². The van der Waals surface area contributed by atoms with E-state index in [4.69, 9.17) is 15.2 Å². The van der Waals surface area contributed by atoms with E-state index in [2.05, 4.69) is 4.98 Å². The van der Waals surface area contributed by atoms with E-state index in [1.807, 2.05) is 0 Å². The van der Waals surface area contributed by atoms with Gasteiger partial charge in [-0.1, -0.05) is 6.07 Å². The summed E-state index contributed by atoms with van der Waals surface area (Å²) < 4.78 is 10.9. The smallest absolute Gasteiger partial charge is 0.324 e. The molecule has 0 aliphatic heterocycles. The van der Waals surface area contributed by atoms with Gasteiger partial charge < -0.3 is 15.2 Å². The second kappa shape index (κ2) is 4.00. The molecule has 3 N–H and O–H groups in total. The van der Waals surface area contributed by atoms with Crippen molar-refractivity contribution in [1.29, 1.82) is 5.41 Å². The fourth-order valence-electron chi connectivity index (χ4n) is 0.904. The lowest BCUT2D eigenvalue weighted by Gasteiger charge is -2.13. The lowest BCUT2D eigenvalue weighted by molar-refractivity contribution is 0.369. The molecule has 0 aliphatic carbocycles. The van der Waals surface area contributed by atoms with Crippen molar-refractivity contribution < 1.29 is 14.4 Å². The molecule has 0 fully saturated rings. The van der Waals surface area contributed by atoms with Crippen LogP contribution in [-0.2, 0) is 4.57 Å². The fourth-order valence-corrected chi connectivity index (χ4v) is 1.37. The summed E-state index contributed by atoms with van der Waals surface area (Å²) in [6.07, 6.45) is 1.48. The third-order valence-corrected chi connectivity index (χ3v) is 3.13. The molecule has 0 saturated heterocycles. The summed E-state index contributed by atoms with van der Waals surface area (Å²) in [4.78, 5) is 21.6. The normalized spacial score (nSPS) is 13.6. The first-order chi connectivity index (χ1) is 6.43. The first-order valence-electron chi connectivity index (χ1n) is 3.98. The molecule has 0 bridgehead atoms. The quantitative estimate of drug-likeness (QED) is 0.517. The molecular weight excluding hydrogens is 203 g/mol. The van der Waals surface area contributed by atoms with Crippen LogP contribution < -0.4 is 0 Å². The van der Waals surface area contributed by atoms with Crippen molar-refractivity contribution >= 4 is 13.3 Å². The molecular formula is C8H11N2O3P. The Morgan fingerprint density at radius 2 is 2.21 bits per heavy atom. The van der Waals surface area contributed by atoms with Gasteiger partial charge in [0, 0.05) is 6.20 Å². The molecule has 0 aromatic carbocycles. The van der Waals surface area contributed by atoms with Gasteiger partial charge in [0.25, 0.3) is 0 Å². The number of nitrogens with zero attached hydrogens (tertiary/aromatic N) is 1. The van der Waals surface area contributed by atoms with Gasteiger partial charge in [0.05, 0.1) is 11.4 Å². The summed E-state index contributed by atoms with van der Waals surface area (Å²) >= 11 is 0. The van der Waals surface area contributed by atoms with Crippen LogP contribution in [0.5, 0.6) is 0 Å². The first kappa shape index (κ1) is 11.0. The van der Waals surface area contributed by atoms with Gasteiger partial charge in [0.15, 0.2) is 0 Å². The van der Waals surface area contributed by atoms with Gasteiger partial charge in [-0.15, -0.1) is 0 Å². The van der Waals surface area contributed by atoms with Gasteiger partial charge in [-0.3, -0.25) is 9.55 Å². The summed E-state index contributed by atoms with van der Waals surface area (Å²) in [6.45, 7) is 1.32. The van der Waals surface area contributed by atoms with E-state index in [0.717, 1.165) is 0 Å². The van der Waals surface area contributed by atoms with Crippen molar-refractivity contribution in [3.8, 4) is 0 Å². The van der Waals surface area contributed by atoms with E-state index in [1.165, 1.54) is 13.1 Å². The van der Waals surface area contributed by atoms with Gasteiger partial charge in [-0.2, -0.15) is 0 Å². The van der Waals surface area contributed by atoms with Crippen LogP contribution in [-0.4, -0.2) is 26.1 Å².